The van der Waals surface area contributed by atoms with Gasteiger partial charge in [0.15, 0.2) is 0 Å². The first kappa shape index (κ1) is 20.3. The predicted molar refractivity (Wildman–Crippen MR) is 101 cm³/mol. The number of benzene rings is 1. The summed E-state index contributed by atoms with van der Waals surface area (Å²) in [4.78, 5) is 26.7. The first-order valence-electron chi connectivity index (χ1n) is 9.36. The second kappa shape index (κ2) is 8.56. The van der Waals surface area contributed by atoms with E-state index in [1.54, 1.807) is 4.90 Å². The summed E-state index contributed by atoms with van der Waals surface area (Å²) < 4.78 is 10.6. The topological polar surface area (TPSA) is 55.8 Å². The van der Waals surface area contributed by atoms with Crippen LogP contribution in [0.5, 0.6) is 0 Å². The lowest BCUT2D eigenvalue weighted by molar-refractivity contribution is -0.156. The summed E-state index contributed by atoms with van der Waals surface area (Å²) in [7, 11) is 1.42. The van der Waals surface area contributed by atoms with Crippen molar-refractivity contribution in [3.05, 3.63) is 35.9 Å². The number of piperidine rings is 1. The third-order valence-electron chi connectivity index (χ3n) is 4.81. The Kier molecular flexibility index (Phi) is 6.68. The maximum absolute atomic E-state index is 12.6. The monoisotopic (exact) mass is 361 g/mol. The van der Waals surface area contributed by atoms with Gasteiger partial charge in [0.25, 0.3) is 0 Å². The molecule has 1 saturated heterocycles. The van der Waals surface area contributed by atoms with E-state index in [2.05, 4.69) is 12.1 Å². The van der Waals surface area contributed by atoms with Crippen LogP contribution >= 0.6 is 0 Å². The predicted octanol–water partition coefficient (Wildman–Crippen LogP) is 4.20. The Balaban J connectivity index is 2.05. The molecule has 1 unspecified atom stereocenters. The summed E-state index contributed by atoms with van der Waals surface area (Å²) in [5.74, 6) is -0.223. The van der Waals surface area contributed by atoms with E-state index < -0.39 is 11.0 Å². The first-order valence-corrected chi connectivity index (χ1v) is 9.36. The number of carbonyl (C=O) groups excluding carboxylic acids is 2. The molecule has 1 aliphatic heterocycles. The molecule has 144 valence electrons. The molecule has 1 fully saturated rings. The normalized spacial score (nSPS) is 20.5. The molecule has 0 saturated carbocycles. The summed E-state index contributed by atoms with van der Waals surface area (Å²) >= 11 is 0. The van der Waals surface area contributed by atoms with Crippen molar-refractivity contribution in [2.75, 3.05) is 20.2 Å². The van der Waals surface area contributed by atoms with Crippen LogP contribution in [0.1, 0.15) is 52.0 Å². The Morgan fingerprint density at radius 1 is 1.19 bits per heavy atom. The number of amides is 1. The zero-order valence-corrected chi connectivity index (χ0v) is 16.4. The van der Waals surface area contributed by atoms with Gasteiger partial charge in [-0.25, -0.2) is 4.79 Å². The highest BCUT2D eigenvalue weighted by Crippen LogP contribution is 2.37. The standard InChI is InChI=1S/C21H31NO4/c1-20(2,3)26-19(24)22-15-9-14-21(16-22,18(23)25-4)13-8-12-17-10-6-5-7-11-17/h5-7,10-11H,8-9,12-16H2,1-4H3. The van der Waals surface area contributed by atoms with Crippen molar-refractivity contribution in [2.24, 2.45) is 5.41 Å². The molecule has 1 aliphatic rings. The van der Waals surface area contributed by atoms with Crippen LogP contribution in [0.15, 0.2) is 30.3 Å². The minimum absolute atomic E-state index is 0.223. The fraction of sp³-hybridized carbons (Fsp3) is 0.619. The highest BCUT2D eigenvalue weighted by atomic mass is 16.6. The average Bonchev–Trinajstić information content (AvgIpc) is 2.60. The SMILES string of the molecule is COC(=O)C1(CCCc2ccccc2)CCCN(C(=O)OC(C)(C)C)C1. The van der Waals surface area contributed by atoms with Gasteiger partial charge < -0.3 is 14.4 Å². The van der Waals surface area contributed by atoms with Crippen LogP contribution in [0.3, 0.4) is 0 Å². The number of rotatable bonds is 5. The molecule has 1 amide bonds. The summed E-state index contributed by atoms with van der Waals surface area (Å²) in [6.07, 6.45) is 3.66. The van der Waals surface area contributed by atoms with Crippen LogP contribution in [0.2, 0.25) is 0 Å². The fourth-order valence-corrected chi connectivity index (χ4v) is 3.58. The number of nitrogens with zero attached hydrogens (tertiary/aromatic N) is 1. The molecule has 5 heteroatoms. The first-order chi connectivity index (χ1) is 12.3. The molecule has 2 rings (SSSR count). The van der Waals surface area contributed by atoms with Crippen molar-refractivity contribution in [2.45, 2.75) is 58.5 Å². The van der Waals surface area contributed by atoms with Gasteiger partial charge in [-0.3, -0.25) is 4.79 Å². The molecule has 5 nitrogen and oxygen atoms in total. The third kappa shape index (κ3) is 5.48. The highest BCUT2D eigenvalue weighted by Gasteiger charge is 2.44. The quantitative estimate of drug-likeness (QED) is 0.738. The molecule has 0 radical (unpaired) electrons. The second-order valence-electron chi connectivity index (χ2n) is 8.12. The van der Waals surface area contributed by atoms with Gasteiger partial charge in [0, 0.05) is 13.1 Å². The number of ether oxygens (including phenoxy) is 2. The van der Waals surface area contributed by atoms with Crippen LogP contribution in [-0.4, -0.2) is 42.8 Å². The molecule has 0 aliphatic carbocycles. The Hall–Kier alpha value is -2.04. The Labute approximate surface area is 156 Å². The minimum atomic E-state index is -0.640. The number of methoxy groups -OCH3 is 1. The van der Waals surface area contributed by atoms with Gasteiger partial charge in [-0.05, 0) is 58.4 Å². The summed E-state index contributed by atoms with van der Waals surface area (Å²) in [6.45, 7) is 6.53. The van der Waals surface area contributed by atoms with Crippen molar-refractivity contribution in [3.63, 3.8) is 0 Å². The lowest BCUT2D eigenvalue weighted by atomic mass is 9.75. The highest BCUT2D eigenvalue weighted by molar-refractivity contribution is 5.78. The maximum Gasteiger partial charge on any atom is 0.410 e. The summed E-state index contributed by atoms with van der Waals surface area (Å²) in [5, 5.41) is 0. The zero-order chi connectivity index (χ0) is 19.2. The van der Waals surface area contributed by atoms with E-state index in [1.165, 1.54) is 12.7 Å². The molecule has 1 aromatic carbocycles. The van der Waals surface area contributed by atoms with E-state index in [-0.39, 0.29) is 12.1 Å². The Morgan fingerprint density at radius 2 is 1.88 bits per heavy atom. The number of aryl methyl sites for hydroxylation is 1. The largest absolute Gasteiger partial charge is 0.469 e. The van der Waals surface area contributed by atoms with Crippen LogP contribution in [-0.2, 0) is 20.7 Å². The second-order valence-corrected chi connectivity index (χ2v) is 8.12. The Morgan fingerprint density at radius 3 is 2.50 bits per heavy atom. The van der Waals surface area contributed by atoms with Gasteiger partial charge in [-0.2, -0.15) is 0 Å². The lowest BCUT2D eigenvalue weighted by Gasteiger charge is -2.41. The van der Waals surface area contributed by atoms with Gasteiger partial charge in [0.2, 0.25) is 0 Å². The van der Waals surface area contributed by atoms with Crippen molar-refractivity contribution in [1.29, 1.82) is 0 Å². The molecule has 1 atom stereocenters. The number of carbonyl (C=O) groups is 2. The van der Waals surface area contributed by atoms with Crippen LogP contribution in [0.4, 0.5) is 4.79 Å². The number of esters is 1. The van der Waals surface area contributed by atoms with E-state index in [1.807, 2.05) is 39.0 Å². The van der Waals surface area contributed by atoms with E-state index in [0.29, 0.717) is 19.5 Å². The van der Waals surface area contributed by atoms with E-state index in [0.717, 1.165) is 25.7 Å². The molecule has 0 spiro atoms. The van der Waals surface area contributed by atoms with E-state index >= 15 is 0 Å². The number of likely N-dealkylation sites (tertiary alicyclic amines) is 1. The summed E-state index contributed by atoms with van der Waals surface area (Å²) in [5.41, 5.74) is 0.0707. The van der Waals surface area contributed by atoms with Gasteiger partial charge >= 0.3 is 12.1 Å². The van der Waals surface area contributed by atoms with Crippen molar-refractivity contribution < 1.29 is 19.1 Å². The average molecular weight is 361 g/mol. The van der Waals surface area contributed by atoms with Crippen molar-refractivity contribution in [3.8, 4) is 0 Å². The van der Waals surface area contributed by atoms with Gasteiger partial charge in [0.1, 0.15) is 5.60 Å². The molecular formula is C21H31NO4. The number of hydrogen-bond acceptors (Lipinski definition) is 4. The number of hydrogen-bond donors (Lipinski definition) is 0. The van der Waals surface area contributed by atoms with Crippen LogP contribution in [0, 0.1) is 5.41 Å². The molecule has 0 aromatic heterocycles. The molecule has 0 bridgehead atoms. The molecule has 1 aromatic rings. The summed E-state index contributed by atoms with van der Waals surface area (Å²) in [6, 6.07) is 10.2. The van der Waals surface area contributed by atoms with Crippen LogP contribution in [0.25, 0.3) is 0 Å². The van der Waals surface area contributed by atoms with Gasteiger partial charge in [0.05, 0.1) is 12.5 Å². The minimum Gasteiger partial charge on any atom is -0.469 e. The fourth-order valence-electron chi connectivity index (χ4n) is 3.58. The smallest absolute Gasteiger partial charge is 0.410 e. The van der Waals surface area contributed by atoms with Crippen molar-refractivity contribution in [1.82, 2.24) is 4.90 Å². The van der Waals surface area contributed by atoms with Crippen molar-refractivity contribution >= 4 is 12.1 Å². The molecule has 26 heavy (non-hydrogen) atoms. The Bertz CT molecular complexity index is 608. The van der Waals surface area contributed by atoms with E-state index in [4.69, 9.17) is 9.47 Å². The molecule has 1 heterocycles. The lowest BCUT2D eigenvalue weighted by Crippen LogP contribution is -2.51. The van der Waals surface area contributed by atoms with E-state index in [9.17, 15) is 9.59 Å². The molecular weight excluding hydrogens is 330 g/mol. The maximum atomic E-state index is 12.6. The van der Waals surface area contributed by atoms with Gasteiger partial charge in [-0.15, -0.1) is 0 Å². The molecule has 0 N–H and O–H groups in total. The van der Waals surface area contributed by atoms with Crippen LogP contribution < -0.4 is 0 Å². The van der Waals surface area contributed by atoms with Gasteiger partial charge in [-0.1, -0.05) is 30.3 Å². The zero-order valence-electron chi connectivity index (χ0n) is 16.4. The third-order valence-corrected chi connectivity index (χ3v) is 4.81.